The molecule has 4 N–H and O–H groups in total. The summed E-state index contributed by atoms with van der Waals surface area (Å²) in [5.74, 6) is 0. The number of aryl methyl sites for hydroxylation is 2. The average molecular weight is 277 g/mol. The Kier molecular flexibility index (Phi) is 4.22. The number of nitrogens with two attached hydrogens (primary N) is 1. The Morgan fingerprint density at radius 3 is 2.50 bits per heavy atom. The van der Waals surface area contributed by atoms with Crippen molar-refractivity contribution in [3.05, 3.63) is 34.9 Å². The highest BCUT2D eigenvalue weighted by Gasteiger charge is 2.41. The van der Waals surface area contributed by atoms with Crippen LogP contribution in [0.1, 0.15) is 16.7 Å². The van der Waals surface area contributed by atoms with Gasteiger partial charge < -0.3 is 15.7 Å². The van der Waals surface area contributed by atoms with Gasteiger partial charge in [0.25, 0.3) is 0 Å². The number of aliphatic hydroxyl groups is 1. The molecule has 1 rings (SSSR count). The topological polar surface area (TPSA) is 66.5 Å². The maximum atomic E-state index is 10.4. The quantitative estimate of drug-likeness (QED) is 0.501. The van der Waals surface area contributed by atoms with Crippen molar-refractivity contribution in [1.29, 1.82) is 0 Å². The molecule has 0 saturated heterocycles. The second-order valence-electron chi connectivity index (χ2n) is 3.88. The maximum absolute atomic E-state index is 10.4. The first-order valence-corrected chi connectivity index (χ1v) is 8.69. The van der Waals surface area contributed by atoms with E-state index in [0.29, 0.717) is 5.56 Å². The van der Waals surface area contributed by atoms with Crippen molar-refractivity contribution in [1.82, 2.24) is 0 Å². The van der Waals surface area contributed by atoms with Crippen LogP contribution in [0.15, 0.2) is 18.2 Å². The molecule has 0 radical (unpaired) electrons. The van der Waals surface area contributed by atoms with Crippen molar-refractivity contribution >= 4 is 29.5 Å². The van der Waals surface area contributed by atoms with Gasteiger partial charge in [-0.05, 0) is 25.0 Å². The third-order valence-electron chi connectivity index (χ3n) is 2.59. The summed E-state index contributed by atoms with van der Waals surface area (Å²) in [6.07, 6.45) is 0. The van der Waals surface area contributed by atoms with E-state index in [1.165, 1.54) is 0 Å². The van der Waals surface area contributed by atoms with Crippen LogP contribution in [-0.4, -0.2) is 16.5 Å². The summed E-state index contributed by atoms with van der Waals surface area (Å²) in [5, 5.41) is 8.80. The summed E-state index contributed by atoms with van der Waals surface area (Å²) in [4.78, 5) is 9.87. The maximum Gasteiger partial charge on any atom is 0.161 e. The zero-order chi connectivity index (χ0) is 12.6. The molecule has 1 aromatic carbocycles. The van der Waals surface area contributed by atoms with Gasteiger partial charge >= 0.3 is 0 Å². The number of hydrogen-bond donors (Lipinski definition) is 4. The minimum absolute atomic E-state index is 0.144. The van der Waals surface area contributed by atoms with Crippen LogP contribution in [0, 0.1) is 13.8 Å². The molecule has 0 amide bonds. The Labute approximate surface area is 106 Å². The molecule has 2 atom stereocenters. The van der Waals surface area contributed by atoms with E-state index in [2.05, 4.69) is 12.2 Å². The molecule has 0 bridgehead atoms. The molecule has 0 fully saturated rings. The van der Waals surface area contributed by atoms with E-state index in [-0.39, 0.29) is 6.54 Å². The molecule has 0 aromatic heterocycles. The van der Waals surface area contributed by atoms with E-state index in [1.54, 1.807) is 6.07 Å². The van der Waals surface area contributed by atoms with Gasteiger partial charge in [-0.1, -0.05) is 35.6 Å². The Balaban J connectivity index is 3.45. The van der Waals surface area contributed by atoms with Gasteiger partial charge in [0.2, 0.25) is 0 Å². The van der Waals surface area contributed by atoms with Crippen LogP contribution < -0.4 is 5.73 Å². The van der Waals surface area contributed by atoms with E-state index in [4.69, 9.17) is 17.5 Å². The van der Waals surface area contributed by atoms with Crippen molar-refractivity contribution in [2.24, 2.45) is 5.73 Å². The highest BCUT2D eigenvalue weighted by atomic mass is 32.9. The van der Waals surface area contributed by atoms with Crippen LogP contribution in [0.2, 0.25) is 0 Å². The molecule has 1 aromatic rings. The standard InChI is InChI=1S/C10H16NO2PS2/c1-7-3-4-8(2)9(5-7)10(12,6-11)14(13,15)16/h3-5,12H,6,11H2,1-2H3,(H2,13,15,16). The largest absolute Gasteiger partial charge is 0.375 e. The zero-order valence-corrected chi connectivity index (χ0v) is 11.8. The summed E-state index contributed by atoms with van der Waals surface area (Å²) in [5.41, 5.74) is 4.73. The van der Waals surface area contributed by atoms with Crippen LogP contribution >= 0.6 is 17.7 Å². The van der Waals surface area contributed by atoms with E-state index in [9.17, 15) is 10.00 Å². The first kappa shape index (κ1) is 14.2. The minimum Gasteiger partial charge on any atom is -0.375 e. The first-order valence-electron chi connectivity index (χ1n) is 4.78. The fraction of sp³-hybridized carbons (Fsp3) is 0.400. The molecule has 16 heavy (non-hydrogen) atoms. The lowest BCUT2D eigenvalue weighted by Crippen LogP contribution is -2.34. The van der Waals surface area contributed by atoms with Crippen LogP contribution in [-0.2, 0) is 17.1 Å². The number of rotatable bonds is 3. The third kappa shape index (κ3) is 2.50. The third-order valence-corrected chi connectivity index (χ3v) is 5.88. The molecule has 0 spiro atoms. The van der Waals surface area contributed by atoms with Crippen molar-refractivity contribution in [2.45, 2.75) is 19.2 Å². The van der Waals surface area contributed by atoms with Gasteiger partial charge in [0.15, 0.2) is 10.8 Å². The van der Waals surface area contributed by atoms with Crippen LogP contribution in [0.25, 0.3) is 0 Å². The predicted molar refractivity (Wildman–Crippen MR) is 74.4 cm³/mol. The zero-order valence-electron chi connectivity index (χ0n) is 9.21. The second-order valence-corrected chi connectivity index (χ2v) is 9.84. The molecule has 0 saturated carbocycles. The number of benzene rings is 1. The van der Waals surface area contributed by atoms with Crippen molar-refractivity contribution in [3.8, 4) is 0 Å². The molecule has 0 heterocycles. The molecular weight excluding hydrogens is 261 g/mol. The van der Waals surface area contributed by atoms with Crippen LogP contribution in [0.4, 0.5) is 0 Å². The van der Waals surface area contributed by atoms with Gasteiger partial charge in [0, 0.05) is 6.54 Å². The van der Waals surface area contributed by atoms with E-state index in [0.717, 1.165) is 11.1 Å². The summed E-state index contributed by atoms with van der Waals surface area (Å²) < 4.78 is 0. The first-order chi connectivity index (χ1) is 7.22. The lowest BCUT2D eigenvalue weighted by atomic mass is 10.0. The molecule has 6 heteroatoms. The Morgan fingerprint density at radius 1 is 1.50 bits per heavy atom. The second kappa shape index (κ2) is 4.77. The van der Waals surface area contributed by atoms with Crippen molar-refractivity contribution < 1.29 is 10.00 Å². The molecule has 2 unspecified atom stereocenters. The van der Waals surface area contributed by atoms with Gasteiger partial charge in [-0.25, -0.2) is 0 Å². The minimum atomic E-state index is -3.20. The predicted octanol–water partition coefficient (Wildman–Crippen LogP) is 1.64. The van der Waals surface area contributed by atoms with E-state index >= 15 is 0 Å². The molecule has 90 valence electrons. The normalized spacial score (nSPS) is 18.9. The molecule has 0 aliphatic rings. The van der Waals surface area contributed by atoms with Gasteiger partial charge in [-0.2, -0.15) is 0 Å². The Bertz CT molecular complexity index is 446. The Morgan fingerprint density at radius 2 is 2.06 bits per heavy atom. The van der Waals surface area contributed by atoms with Crippen LogP contribution in [0.3, 0.4) is 0 Å². The molecule has 0 aliphatic carbocycles. The lowest BCUT2D eigenvalue weighted by molar-refractivity contribution is 0.131. The van der Waals surface area contributed by atoms with E-state index < -0.39 is 10.8 Å². The summed E-state index contributed by atoms with van der Waals surface area (Å²) in [6.45, 7) is 3.60. The van der Waals surface area contributed by atoms with Crippen LogP contribution in [0.5, 0.6) is 0 Å². The van der Waals surface area contributed by atoms with Crippen molar-refractivity contribution in [2.75, 3.05) is 6.54 Å². The lowest BCUT2D eigenvalue weighted by Gasteiger charge is -2.33. The number of thiol groups is 1. The summed E-state index contributed by atoms with van der Waals surface area (Å²) in [6, 6.07) is 5.58. The molecule has 0 aliphatic heterocycles. The number of hydrogen-bond acceptors (Lipinski definition) is 3. The highest BCUT2D eigenvalue weighted by Crippen LogP contribution is 2.62. The van der Waals surface area contributed by atoms with Gasteiger partial charge in [0.05, 0.1) is 0 Å². The van der Waals surface area contributed by atoms with Gasteiger partial charge in [-0.3, -0.25) is 0 Å². The van der Waals surface area contributed by atoms with Crippen molar-refractivity contribution in [3.63, 3.8) is 0 Å². The fourth-order valence-corrected chi connectivity index (χ4v) is 3.43. The fourth-order valence-electron chi connectivity index (χ4n) is 1.55. The van der Waals surface area contributed by atoms with Gasteiger partial charge in [0.1, 0.15) is 0 Å². The molecule has 3 nitrogen and oxygen atoms in total. The molecular formula is C10H16NO2PS2. The smallest absolute Gasteiger partial charge is 0.161 e. The van der Waals surface area contributed by atoms with Gasteiger partial charge in [-0.15, -0.1) is 12.2 Å². The average Bonchev–Trinajstić information content (AvgIpc) is 2.19. The summed E-state index contributed by atoms with van der Waals surface area (Å²) >= 11 is 8.86. The highest BCUT2D eigenvalue weighted by molar-refractivity contribution is 8.61. The monoisotopic (exact) mass is 277 g/mol. The Hall–Kier alpha value is 0.1000. The SMILES string of the molecule is Cc1ccc(C)c(C(O)(CN)P(O)(=S)S)c1. The summed E-state index contributed by atoms with van der Waals surface area (Å²) in [7, 11) is 0. The van der Waals surface area contributed by atoms with E-state index in [1.807, 2.05) is 26.0 Å².